The summed E-state index contributed by atoms with van der Waals surface area (Å²) in [4.78, 5) is 14.2. The number of nitrogens with one attached hydrogen (secondary N) is 1. The van der Waals surface area contributed by atoms with Crippen molar-refractivity contribution in [2.75, 3.05) is 23.8 Å². The van der Waals surface area contributed by atoms with Crippen LogP contribution >= 0.6 is 15.9 Å². The molecule has 0 aliphatic carbocycles. The quantitative estimate of drug-likeness (QED) is 0.850. The lowest BCUT2D eigenvalue weighted by Gasteiger charge is -2.17. The van der Waals surface area contributed by atoms with Crippen LogP contribution in [0.3, 0.4) is 0 Å². The zero-order chi connectivity index (χ0) is 15.9. The molecule has 2 aromatic rings. The van der Waals surface area contributed by atoms with Crippen LogP contribution in [0.1, 0.15) is 30.1 Å². The number of carbonyl (C=O) groups excluding carboxylic acids is 1. The lowest BCUT2D eigenvalue weighted by atomic mass is 10.2. The predicted molar refractivity (Wildman–Crippen MR) is 92.3 cm³/mol. The van der Waals surface area contributed by atoms with Gasteiger partial charge in [0, 0.05) is 23.6 Å². The summed E-state index contributed by atoms with van der Waals surface area (Å²) in [6, 6.07) is 10.8. The van der Waals surface area contributed by atoms with Gasteiger partial charge in [0.2, 0.25) is 0 Å². The Hall–Kier alpha value is -1.95. The van der Waals surface area contributed by atoms with Crippen LogP contribution < -0.4 is 10.2 Å². The molecule has 1 heterocycles. The van der Waals surface area contributed by atoms with Crippen LogP contribution in [0.5, 0.6) is 0 Å². The molecule has 0 aliphatic heterocycles. The molecule has 5 nitrogen and oxygen atoms in total. The zero-order valence-electron chi connectivity index (χ0n) is 12.7. The van der Waals surface area contributed by atoms with E-state index in [-0.39, 0.29) is 5.91 Å². The summed E-state index contributed by atoms with van der Waals surface area (Å²) < 4.78 is 0.860. The van der Waals surface area contributed by atoms with Crippen molar-refractivity contribution in [3.8, 4) is 0 Å². The van der Waals surface area contributed by atoms with Crippen molar-refractivity contribution in [1.82, 2.24) is 10.2 Å². The van der Waals surface area contributed by atoms with Crippen LogP contribution in [0.25, 0.3) is 0 Å². The molecule has 1 aromatic carbocycles. The number of anilines is 2. The normalized spacial score (nSPS) is 10.3. The van der Waals surface area contributed by atoms with Gasteiger partial charge in [-0.1, -0.05) is 35.3 Å². The van der Waals surface area contributed by atoms with E-state index in [0.29, 0.717) is 11.4 Å². The first-order valence-electron chi connectivity index (χ1n) is 7.22. The molecule has 0 atom stereocenters. The van der Waals surface area contributed by atoms with Gasteiger partial charge in [0.25, 0.3) is 5.91 Å². The summed E-state index contributed by atoms with van der Waals surface area (Å²) in [5.41, 5.74) is 0.570. The van der Waals surface area contributed by atoms with Crippen molar-refractivity contribution in [3.05, 3.63) is 46.4 Å². The third-order valence-electron chi connectivity index (χ3n) is 3.22. The van der Waals surface area contributed by atoms with Crippen molar-refractivity contribution in [3.63, 3.8) is 0 Å². The van der Waals surface area contributed by atoms with E-state index in [1.54, 1.807) is 18.2 Å². The molecule has 2 rings (SSSR count). The molecule has 1 N–H and O–H groups in total. The SMILES string of the molecule is CCCCN(C)c1ccc(NC(=O)c2cccc(Br)c2)nn1. The molecule has 0 unspecified atom stereocenters. The second-order valence-corrected chi connectivity index (χ2v) is 5.93. The van der Waals surface area contributed by atoms with Crippen LogP contribution in [0.2, 0.25) is 0 Å². The number of hydrogen-bond donors (Lipinski definition) is 1. The standard InChI is InChI=1S/C16H19BrN4O/c1-3-4-10-21(2)15-9-8-14(19-20-15)18-16(22)12-6-5-7-13(17)11-12/h5-9,11H,3-4,10H2,1-2H3,(H,18,19,22). The molecule has 0 spiro atoms. The highest BCUT2D eigenvalue weighted by atomic mass is 79.9. The van der Waals surface area contributed by atoms with E-state index in [9.17, 15) is 4.79 Å². The first kappa shape index (κ1) is 16.4. The fourth-order valence-electron chi connectivity index (χ4n) is 1.92. The molecular weight excluding hydrogens is 344 g/mol. The van der Waals surface area contributed by atoms with E-state index in [2.05, 4.69) is 43.3 Å². The highest BCUT2D eigenvalue weighted by Gasteiger charge is 2.08. The monoisotopic (exact) mass is 362 g/mol. The molecule has 1 aromatic heterocycles. The Balaban J connectivity index is 2.00. The number of nitrogens with zero attached hydrogens (tertiary/aromatic N) is 3. The van der Waals surface area contributed by atoms with E-state index < -0.39 is 0 Å². The van der Waals surface area contributed by atoms with Gasteiger partial charge in [-0.05, 0) is 36.8 Å². The van der Waals surface area contributed by atoms with Gasteiger partial charge in [-0.15, -0.1) is 10.2 Å². The molecule has 1 amide bonds. The summed E-state index contributed by atoms with van der Waals surface area (Å²) in [6.07, 6.45) is 2.25. The topological polar surface area (TPSA) is 58.1 Å². The first-order valence-corrected chi connectivity index (χ1v) is 8.01. The highest BCUT2D eigenvalue weighted by Crippen LogP contribution is 2.14. The van der Waals surface area contributed by atoms with E-state index in [0.717, 1.165) is 29.7 Å². The third-order valence-corrected chi connectivity index (χ3v) is 3.71. The maximum absolute atomic E-state index is 12.1. The van der Waals surface area contributed by atoms with Gasteiger partial charge in [0.15, 0.2) is 11.6 Å². The molecule has 22 heavy (non-hydrogen) atoms. The number of unbranched alkanes of at least 4 members (excludes halogenated alkanes) is 1. The molecule has 116 valence electrons. The molecule has 0 aliphatic rings. The number of rotatable bonds is 6. The Morgan fingerprint density at radius 3 is 2.73 bits per heavy atom. The fraction of sp³-hybridized carbons (Fsp3) is 0.312. The summed E-state index contributed by atoms with van der Waals surface area (Å²) >= 11 is 3.35. The Kier molecular flexibility index (Phi) is 5.89. The average Bonchev–Trinajstić information content (AvgIpc) is 2.53. The number of benzene rings is 1. The maximum Gasteiger partial charge on any atom is 0.256 e. The van der Waals surface area contributed by atoms with Gasteiger partial charge in [-0.2, -0.15) is 0 Å². The number of halogens is 1. The minimum atomic E-state index is -0.206. The van der Waals surface area contributed by atoms with Crippen molar-refractivity contribution in [2.45, 2.75) is 19.8 Å². The third kappa shape index (κ3) is 4.53. The minimum absolute atomic E-state index is 0.206. The molecular formula is C16H19BrN4O. The smallest absolute Gasteiger partial charge is 0.256 e. The average molecular weight is 363 g/mol. The van der Waals surface area contributed by atoms with Crippen LogP contribution in [-0.2, 0) is 0 Å². The summed E-state index contributed by atoms with van der Waals surface area (Å²) in [7, 11) is 1.99. The van der Waals surface area contributed by atoms with Crippen LogP contribution in [-0.4, -0.2) is 29.7 Å². The van der Waals surface area contributed by atoms with Crippen LogP contribution in [0.4, 0.5) is 11.6 Å². The molecule has 0 saturated heterocycles. The molecule has 0 bridgehead atoms. The van der Waals surface area contributed by atoms with E-state index in [4.69, 9.17) is 0 Å². The highest BCUT2D eigenvalue weighted by molar-refractivity contribution is 9.10. The number of amides is 1. The van der Waals surface area contributed by atoms with Gasteiger partial charge in [0.1, 0.15) is 0 Å². The summed E-state index contributed by atoms with van der Waals surface area (Å²) in [5, 5.41) is 11.0. The van der Waals surface area contributed by atoms with Crippen molar-refractivity contribution >= 4 is 33.5 Å². The second kappa shape index (κ2) is 7.89. The predicted octanol–water partition coefficient (Wildman–Crippen LogP) is 3.73. The Morgan fingerprint density at radius 1 is 1.27 bits per heavy atom. The van der Waals surface area contributed by atoms with E-state index >= 15 is 0 Å². The second-order valence-electron chi connectivity index (χ2n) is 5.02. The minimum Gasteiger partial charge on any atom is -0.358 e. The Labute approximate surface area is 138 Å². The van der Waals surface area contributed by atoms with Gasteiger partial charge in [-0.3, -0.25) is 4.79 Å². The lowest BCUT2D eigenvalue weighted by Crippen LogP contribution is -2.20. The number of aromatic nitrogens is 2. The molecule has 0 saturated carbocycles. The summed E-state index contributed by atoms with van der Waals surface area (Å²) in [5.74, 6) is 1.04. The number of carbonyl (C=O) groups is 1. The Morgan fingerprint density at radius 2 is 2.09 bits per heavy atom. The molecule has 6 heteroatoms. The first-order chi connectivity index (χ1) is 10.6. The fourth-order valence-corrected chi connectivity index (χ4v) is 2.32. The van der Waals surface area contributed by atoms with Gasteiger partial charge >= 0.3 is 0 Å². The number of hydrogen-bond acceptors (Lipinski definition) is 4. The maximum atomic E-state index is 12.1. The Bertz CT molecular complexity index is 630. The molecule has 0 radical (unpaired) electrons. The van der Waals surface area contributed by atoms with E-state index in [1.807, 2.05) is 25.2 Å². The van der Waals surface area contributed by atoms with Crippen molar-refractivity contribution < 1.29 is 4.79 Å². The van der Waals surface area contributed by atoms with Crippen LogP contribution in [0, 0.1) is 0 Å². The molecule has 0 fully saturated rings. The van der Waals surface area contributed by atoms with E-state index in [1.165, 1.54) is 0 Å². The van der Waals surface area contributed by atoms with Crippen molar-refractivity contribution in [1.29, 1.82) is 0 Å². The van der Waals surface area contributed by atoms with Gasteiger partial charge in [0.05, 0.1) is 0 Å². The van der Waals surface area contributed by atoms with Gasteiger partial charge in [-0.25, -0.2) is 0 Å². The van der Waals surface area contributed by atoms with Gasteiger partial charge < -0.3 is 10.2 Å². The van der Waals surface area contributed by atoms with Crippen molar-refractivity contribution in [2.24, 2.45) is 0 Å². The van der Waals surface area contributed by atoms with Crippen LogP contribution in [0.15, 0.2) is 40.9 Å². The summed E-state index contributed by atoms with van der Waals surface area (Å²) in [6.45, 7) is 3.09. The lowest BCUT2D eigenvalue weighted by molar-refractivity contribution is 0.102. The largest absolute Gasteiger partial charge is 0.358 e. The zero-order valence-corrected chi connectivity index (χ0v) is 14.3.